The molecule has 33 heavy (non-hydrogen) atoms. The van der Waals surface area contributed by atoms with Crippen LogP contribution in [0, 0.1) is 0 Å². The number of nitrogens with zero attached hydrogens (tertiary/aromatic N) is 6. The minimum atomic E-state index is 0.949. The Bertz CT molecular complexity index is 867. The van der Waals surface area contributed by atoms with E-state index < -0.39 is 0 Å². The molecular weight excluding hydrogens is 410 g/mol. The van der Waals surface area contributed by atoms with Crippen molar-refractivity contribution in [3.05, 3.63) is 53.9 Å². The van der Waals surface area contributed by atoms with Gasteiger partial charge in [0.05, 0.1) is 5.69 Å². The topological polar surface area (TPSA) is 41.1 Å². The molecule has 0 aliphatic carbocycles. The van der Waals surface area contributed by atoms with Gasteiger partial charge < -0.3 is 20.0 Å². The molecule has 7 nitrogen and oxygen atoms in total. The van der Waals surface area contributed by atoms with E-state index >= 15 is 0 Å². The Labute approximate surface area is 199 Å². The first-order valence-electron chi connectivity index (χ1n) is 12.6. The molecular formula is C26H39N7. The highest BCUT2D eigenvalue weighted by molar-refractivity contribution is 5.64. The van der Waals surface area contributed by atoms with Gasteiger partial charge >= 0.3 is 0 Å². The van der Waals surface area contributed by atoms with E-state index in [1.54, 1.807) is 0 Å². The van der Waals surface area contributed by atoms with Crippen molar-refractivity contribution >= 4 is 11.4 Å². The molecule has 7 heteroatoms. The zero-order valence-corrected chi connectivity index (χ0v) is 20.1. The number of piperazine rings is 3. The fraction of sp³-hybridized carbons (Fsp3) is 0.577. The second kappa shape index (κ2) is 10.8. The molecule has 0 spiro atoms. The van der Waals surface area contributed by atoms with E-state index in [0.717, 1.165) is 91.6 Å². The van der Waals surface area contributed by atoms with Crippen molar-refractivity contribution in [2.45, 2.75) is 13.1 Å². The number of aromatic nitrogens is 1. The largest absolute Gasteiger partial charge is 0.369 e. The lowest BCUT2D eigenvalue weighted by molar-refractivity contribution is 0.233. The average molecular weight is 450 g/mol. The number of anilines is 2. The van der Waals surface area contributed by atoms with Crippen LogP contribution in [0.15, 0.2) is 42.6 Å². The zero-order chi connectivity index (χ0) is 22.5. The van der Waals surface area contributed by atoms with Crippen LogP contribution < -0.4 is 15.1 Å². The van der Waals surface area contributed by atoms with Crippen LogP contribution >= 0.6 is 0 Å². The van der Waals surface area contributed by atoms with E-state index in [0.29, 0.717) is 0 Å². The van der Waals surface area contributed by atoms with Gasteiger partial charge in [-0.25, -0.2) is 0 Å². The van der Waals surface area contributed by atoms with E-state index in [1.165, 1.54) is 22.6 Å². The quantitative estimate of drug-likeness (QED) is 0.718. The summed E-state index contributed by atoms with van der Waals surface area (Å²) in [5, 5.41) is 3.48. The summed E-state index contributed by atoms with van der Waals surface area (Å²) in [6.45, 7) is 15.3. The predicted molar refractivity (Wildman–Crippen MR) is 136 cm³/mol. The van der Waals surface area contributed by atoms with Crippen LogP contribution in [0.1, 0.15) is 11.3 Å². The van der Waals surface area contributed by atoms with Crippen molar-refractivity contribution in [3.8, 4) is 0 Å². The minimum Gasteiger partial charge on any atom is -0.369 e. The maximum atomic E-state index is 4.50. The molecule has 1 N–H and O–H groups in total. The first kappa shape index (κ1) is 22.6. The van der Waals surface area contributed by atoms with Gasteiger partial charge in [-0.05, 0) is 36.9 Å². The molecule has 1 aromatic carbocycles. The number of rotatable bonds is 6. The summed E-state index contributed by atoms with van der Waals surface area (Å²) in [6.07, 6.45) is 1.90. The predicted octanol–water partition coefficient (Wildman–Crippen LogP) is 1.56. The Hall–Kier alpha value is -2.19. The monoisotopic (exact) mass is 449 g/mol. The van der Waals surface area contributed by atoms with Crippen LogP contribution in [-0.4, -0.2) is 105 Å². The fourth-order valence-corrected chi connectivity index (χ4v) is 5.22. The molecule has 0 radical (unpaired) electrons. The van der Waals surface area contributed by atoms with Crippen LogP contribution in [-0.2, 0) is 13.1 Å². The van der Waals surface area contributed by atoms with Gasteiger partial charge in [-0.2, -0.15) is 0 Å². The Morgan fingerprint density at radius 3 is 2.21 bits per heavy atom. The lowest BCUT2D eigenvalue weighted by Crippen LogP contribution is -2.47. The van der Waals surface area contributed by atoms with Crippen molar-refractivity contribution in [2.75, 3.05) is 95.4 Å². The van der Waals surface area contributed by atoms with Gasteiger partial charge in [0.1, 0.15) is 0 Å². The molecule has 0 amide bonds. The van der Waals surface area contributed by atoms with Crippen LogP contribution in [0.5, 0.6) is 0 Å². The standard InChI is InChI=1S/C26H39N7/c1-29-12-16-33(17-13-29)26-20-25(6-5-23(26)21-30-10-8-27-9-11-30)32-18-14-31(15-19-32)22-24-4-2-3-7-28-24/h2-7,20,27H,8-19,21-22H2,1H3. The third-order valence-corrected chi connectivity index (χ3v) is 7.37. The van der Waals surface area contributed by atoms with Gasteiger partial charge in [0, 0.05) is 109 Å². The molecule has 1 aromatic heterocycles. The molecule has 0 unspecified atom stereocenters. The summed E-state index contributed by atoms with van der Waals surface area (Å²) in [7, 11) is 2.24. The van der Waals surface area contributed by atoms with Crippen molar-refractivity contribution in [3.63, 3.8) is 0 Å². The molecule has 0 bridgehead atoms. The lowest BCUT2D eigenvalue weighted by Gasteiger charge is -2.39. The third-order valence-electron chi connectivity index (χ3n) is 7.37. The number of benzene rings is 1. The third kappa shape index (κ3) is 5.84. The Morgan fingerprint density at radius 1 is 0.758 bits per heavy atom. The summed E-state index contributed by atoms with van der Waals surface area (Å²) < 4.78 is 0. The van der Waals surface area contributed by atoms with Crippen molar-refractivity contribution < 1.29 is 0 Å². The molecule has 2 aromatic rings. The summed E-state index contributed by atoms with van der Waals surface area (Å²) >= 11 is 0. The van der Waals surface area contributed by atoms with Gasteiger partial charge in [-0.1, -0.05) is 12.1 Å². The Kier molecular flexibility index (Phi) is 7.41. The van der Waals surface area contributed by atoms with Crippen molar-refractivity contribution in [2.24, 2.45) is 0 Å². The SMILES string of the molecule is CN1CCN(c2cc(N3CCN(Cc4ccccn4)CC3)ccc2CN2CCNCC2)CC1. The highest BCUT2D eigenvalue weighted by atomic mass is 15.3. The average Bonchev–Trinajstić information content (AvgIpc) is 2.87. The van der Waals surface area contributed by atoms with Gasteiger partial charge in [0.15, 0.2) is 0 Å². The summed E-state index contributed by atoms with van der Waals surface area (Å²) in [4.78, 5) is 17.3. The first-order valence-corrected chi connectivity index (χ1v) is 12.6. The van der Waals surface area contributed by atoms with E-state index in [9.17, 15) is 0 Å². The van der Waals surface area contributed by atoms with Crippen LogP contribution in [0.3, 0.4) is 0 Å². The zero-order valence-electron chi connectivity index (χ0n) is 20.1. The normalized spacial score (nSPS) is 21.5. The molecule has 0 saturated carbocycles. The van der Waals surface area contributed by atoms with Gasteiger partial charge in [0.2, 0.25) is 0 Å². The van der Waals surface area contributed by atoms with E-state index in [1.807, 2.05) is 12.3 Å². The molecule has 3 fully saturated rings. The number of hydrogen-bond acceptors (Lipinski definition) is 7. The summed E-state index contributed by atoms with van der Waals surface area (Å²) in [5.74, 6) is 0. The van der Waals surface area contributed by atoms with Crippen molar-refractivity contribution in [1.82, 2.24) is 25.0 Å². The highest BCUT2D eigenvalue weighted by Gasteiger charge is 2.22. The maximum Gasteiger partial charge on any atom is 0.0543 e. The van der Waals surface area contributed by atoms with Gasteiger partial charge in [0.25, 0.3) is 0 Å². The number of likely N-dealkylation sites (N-methyl/N-ethyl adjacent to an activating group) is 1. The first-order chi connectivity index (χ1) is 16.2. The molecule has 4 heterocycles. The van der Waals surface area contributed by atoms with Gasteiger partial charge in [-0.3, -0.25) is 14.8 Å². The minimum absolute atomic E-state index is 0.949. The summed E-state index contributed by atoms with van der Waals surface area (Å²) in [6, 6.07) is 13.5. The number of pyridine rings is 1. The summed E-state index contributed by atoms with van der Waals surface area (Å²) in [5.41, 5.74) is 5.49. The number of nitrogens with one attached hydrogen (secondary N) is 1. The molecule has 3 aliphatic rings. The van der Waals surface area contributed by atoms with E-state index in [-0.39, 0.29) is 0 Å². The van der Waals surface area contributed by atoms with Gasteiger partial charge in [-0.15, -0.1) is 0 Å². The van der Waals surface area contributed by atoms with Crippen LogP contribution in [0.25, 0.3) is 0 Å². The van der Waals surface area contributed by atoms with Crippen molar-refractivity contribution in [1.29, 1.82) is 0 Å². The molecule has 5 rings (SSSR count). The smallest absolute Gasteiger partial charge is 0.0543 e. The van der Waals surface area contributed by atoms with Crippen LogP contribution in [0.2, 0.25) is 0 Å². The lowest BCUT2D eigenvalue weighted by atomic mass is 10.1. The molecule has 3 aliphatic heterocycles. The number of hydrogen-bond donors (Lipinski definition) is 1. The maximum absolute atomic E-state index is 4.50. The fourth-order valence-electron chi connectivity index (χ4n) is 5.22. The Morgan fingerprint density at radius 2 is 1.48 bits per heavy atom. The van der Waals surface area contributed by atoms with E-state index in [2.05, 4.69) is 72.2 Å². The van der Waals surface area contributed by atoms with E-state index in [4.69, 9.17) is 0 Å². The second-order valence-corrected chi connectivity index (χ2v) is 9.71. The second-order valence-electron chi connectivity index (χ2n) is 9.71. The Balaban J connectivity index is 1.28. The molecule has 178 valence electrons. The highest BCUT2D eigenvalue weighted by Crippen LogP contribution is 2.30. The molecule has 0 atom stereocenters. The molecule has 3 saturated heterocycles. The van der Waals surface area contributed by atoms with Crippen LogP contribution in [0.4, 0.5) is 11.4 Å².